The summed E-state index contributed by atoms with van der Waals surface area (Å²) in [5, 5.41) is 9.77. The van der Waals surface area contributed by atoms with Crippen molar-refractivity contribution in [2.75, 3.05) is 0 Å². The third-order valence-electron chi connectivity index (χ3n) is 4.27. The van der Waals surface area contributed by atoms with Crippen LogP contribution in [0, 0.1) is 0 Å². The zero-order valence-corrected chi connectivity index (χ0v) is 20.1. The van der Waals surface area contributed by atoms with Gasteiger partial charge in [-0.1, -0.05) is 71.4 Å². The van der Waals surface area contributed by atoms with Crippen LogP contribution >= 0.6 is 46.4 Å². The number of hydrogen-bond donors (Lipinski definition) is 2. The number of nitrogens with zero attached hydrogens (tertiary/aromatic N) is 2. The minimum absolute atomic E-state index is 0.181. The summed E-state index contributed by atoms with van der Waals surface area (Å²) in [6.45, 7) is 0. The summed E-state index contributed by atoms with van der Waals surface area (Å²) in [5.41, 5.74) is 6.26. The van der Waals surface area contributed by atoms with Gasteiger partial charge in [-0.05, 0) is 37.1 Å². The molecule has 0 bridgehead atoms. The first kappa shape index (κ1) is 26.1. The molecule has 0 atom stereocenters. The Kier molecular flexibility index (Phi) is 11.5. The van der Waals surface area contributed by atoms with Crippen molar-refractivity contribution in [1.29, 1.82) is 0 Å². The quantitative estimate of drug-likeness (QED) is 0.211. The molecule has 0 aromatic heterocycles. The van der Waals surface area contributed by atoms with Crippen molar-refractivity contribution < 1.29 is 9.59 Å². The van der Waals surface area contributed by atoms with Gasteiger partial charge in [0.05, 0.1) is 22.5 Å². The predicted octanol–water partition coefficient (Wildman–Crippen LogP) is 6.24. The number of nitrogens with one attached hydrogen (secondary N) is 2. The summed E-state index contributed by atoms with van der Waals surface area (Å²) in [4.78, 5) is 23.6. The molecule has 0 saturated carbocycles. The van der Waals surface area contributed by atoms with E-state index in [9.17, 15) is 9.59 Å². The number of hydrazone groups is 2. The lowest BCUT2D eigenvalue weighted by molar-refractivity contribution is -0.122. The summed E-state index contributed by atoms with van der Waals surface area (Å²) in [6.07, 6.45) is 6.72. The smallest absolute Gasteiger partial charge is 0.240 e. The van der Waals surface area contributed by atoms with Gasteiger partial charge in [0.25, 0.3) is 0 Å². The number of amides is 2. The Balaban J connectivity index is 1.54. The Labute approximate surface area is 207 Å². The first-order valence-electron chi connectivity index (χ1n) is 9.89. The fourth-order valence-corrected chi connectivity index (χ4v) is 3.51. The molecule has 0 aliphatic rings. The molecule has 0 unspecified atom stereocenters. The van der Waals surface area contributed by atoms with Crippen molar-refractivity contribution in [2.45, 2.75) is 38.5 Å². The highest BCUT2D eigenvalue weighted by Gasteiger charge is 2.03. The number of benzene rings is 2. The van der Waals surface area contributed by atoms with E-state index in [2.05, 4.69) is 21.1 Å². The molecule has 0 spiro atoms. The predicted molar refractivity (Wildman–Crippen MR) is 132 cm³/mol. The highest BCUT2D eigenvalue weighted by molar-refractivity contribution is 6.36. The van der Waals surface area contributed by atoms with Crippen LogP contribution in [-0.2, 0) is 9.59 Å². The van der Waals surface area contributed by atoms with Gasteiger partial charge in [-0.15, -0.1) is 0 Å². The van der Waals surface area contributed by atoms with E-state index in [0.29, 0.717) is 56.9 Å². The molecule has 2 aromatic rings. The monoisotopic (exact) mass is 514 g/mol. The second-order valence-corrected chi connectivity index (χ2v) is 8.52. The van der Waals surface area contributed by atoms with E-state index in [-0.39, 0.29) is 11.8 Å². The van der Waals surface area contributed by atoms with Gasteiger partial charge in [0, 0.05) is 34.0 Å². The van der Waals surface area contributed by atoms with Crippen LogP contribution in [0.15, 0.2) is 46.6 Å². The molecule has 10 heteroatoms. The molecule has 0 aliphatic carbocycles. The number of hydrogen-bond acceptors (Lipinski definition) is 4. The molecular formula is C22H22Cl4N4O2. The van der Waals surface area contributed by atoms with E-state index < -0.39 is 0 Å². The Morgan fingerprint density at radius 3 is 1.47 bits per heavy atom. The molecule has 2 N–H and O–H groups in total. The molecular weight excluding hydrogens is 494 g/mol. The van der Waals surface area contributed by atoms with E-state index in [1.807, 2.05) is 0 Å². The second-order valence-electron chi connectivity index (χ2n) is 6.83. The molecule has 2 aromatic carbocycles. The van der Waals surface area contributed by atoms with Crippen molar-refractivity contribution in [1.82, 2.24) is 10.9 Å². The number of carbonyl (C=O) groups excluding carboxylic acids is 2. The Morgan fingerprint density at radius 2 is 1.09 bits per heavy atom. The molecule has 170 valence electrons. The van der Waals surface area contributed by atoms with Gasteiger partial charge < -0.3 is 0 Å². The first-order chi connectivity index (χ1) is 15.3. The van der Waals surface area contributed by atoms with Crippen LogP contribution in [0.5, 0.6) is 0 Å². The summed E-state index contributed by atoms with van der Waals surface area (Å²) in [6, 6.07) is 10.0. The lowest BCUT2D eigenvalue weighted by Gasteiger charge is -2.02. The minimum Gasteiger partial charge on any atom is -0.273 e. The van der Waals surface area contributed by atoms with Crippen molar-refractivity contribution in [3.63, 3.8) is 0 Å². The van der Waals surface area contributed by atoms with Crippen LogP contribution in [0.3, 0.4) is 0 Å². The van der Waals surface area contributed by atoms with Gasteiger partial charge in [0.15, 0.2) is 0 Å². The molecule has 0 saturated heterocycles. The number of unbranched alkanes of at least 4 members (excludes halogenated alkanes) is 3. The van der Waals surface area contributed by atoms with Crippen molar-refractivity contribution >= 4 is 70.6 Å². The zero-order chi connectivity index (χ0) is 23.3. The molecule has 2 rings (SSSR count). The van der Waals surface area contributed by atoms with Gasteiger partial charge in [0.2, 0.25) is 11.8 Å². The normalized spacial score (nSPS) is 11.2. The number of rotatable bonds is 11. The number of halogens is 4. The molecule has 0 heterocycles. The van der Waals surface area contributed by atoms with E-state index in [4.69, 9.17) is 46.4 Å². The van der Waals surface area contributed by atoms with Crippen LogP contribution in [-0.4, -0.2) is 24.2 Å². The average Bonchev–Trinajstić information content (AvgIpc) is 2.73. The van der Waals surface area contributed by atoms with Gasteiger partial charge in [-0.3, -0.25) is 9.59 Å². The molecule has 32 heavy (non-hydrogen) atoms. The first-order valence-corrected chi connectivity index (χ1v) is 11.4. The fourth-order valence-electron chi connectivity index (χ4n) is 2.60. The zero-order valence-electron chi connectivity index (χ0n) is 17.1. The van der Waals surface area contributed by atoms with Gasteiger partial charge in [0.1, 0.15) is 0 Å². The summed E-state index contributed by atoms with van der Waals surface area (Å²) >= 11 is 23.7. The summed E-state index contributed by atoms with van der Waals surface area (Å²) in [7, 11) is 0. The van der Waals surface area contributed by atoms with E-state index in [0.717, 1.165) is 12.8 Å². The standard InChI is InChI=1S/C22H22Cl4N4O2/c23-17-9-7-15(19(25)11-17)13-27-29-21(31)5-3-1-2-4-6-22(32)30-28-14-16-8-10-18(24)12-20(16)26/h7-14H,1-6H2,(H,29,31)(H,30,32)/b27-13+,28-14+. The maximum absolute atomic E-state index is 11.8. The van der Waals surface area contributed by atoms with Gasteiger partial charge >= 0.3 is 0 Å². The number of carbonyl (C=O) groups is 2. The summed E-state index contributed by atoms with van der Waals surface area (Å²) < 4.78 is 0. The van der Waals surface area contributed by atoms with Crippen molar-refractivity contribution in [2.24, 2.45) is 10.2 Å². The minimum atomic E-state index is -0.181. The van der Waals surface area contributed by atoms with Crippen LogP contribution < -0.4 is 10.9 Å². The van der Waals surface area contributed by atoms with E-state index in [1.165, 1.54) is 12.4 Å². The largest absolute Gasteiger partial charge is 0.273 e. The lowest BCUT2D eigenvalue weighted by Crippen LogP contribution is -2.17. The molecule has 0 radical (unpaired) electrons. The maximum Gasteiger partial charge on any atom is 0.240 e. The van der Waals surface area contributed by atoms with Crippen LogP contribution in [0.25, 0.3) is 0 Å². The third kappa shape index (κ3) is 10.0. The van der Waals surface area contributed by atoms with Crippen LogP contribution in [0.4, 0.5) is 0 Å². The van der Waals surface area contributed by atoms with Crippen molar-refractivity contribution in [3.8, 4) is 0 Å². The SMILES string of the molecule is O=C(CCCCCCC(=O)N/N=C/c1ccc(Cl)cc1Cl)N/N=C/c1ccc(Cl)cc1Cl. The third-order valence-corrected chi connectivity index (χ3v) is 5.39. The summed E-state index contributed by atoms with van der Waals surface area (Å²) in [5.74, 6) is -0.362. The fraction of sp³-hybridized carbons (Fsp3) is 0.273. The highest BCUT2D eigenvalue weighted by atomic mass is 35.5. The Morgan fingerprint density at radius 1 is 0.688 bits per heavy atom. The Bertz CT molecular complexity index is 916. The molecule has 6 nitrogen and oxygen atoms in total. The molecule has 0 aliphatic heterocycles. The topological polar surface area (TPSA) is 82.9 Å². The molecule has 2 amide bonds. The van der Waals surface area contributed by atoms with E-state index >= 15 is 0 Å². The lowest BCUT2D eigenvalue weighted by atomic mass is 10.1. The van der Waals surface area contributed by atoms with Crippen LogP contribution in [0.1, 0.15) is 49.7 Å². The Hall–Kier alpha value is -2.12. The van der Waals surface area contributed by atoms with Crippen molar-refractivity contribution in [3.05, 3.63) is 67.6 Å². The second kappa shape index (κ2) is 14.1. The van der Waals surface area contributed by atoms with Gasteiger partial charge in [-0.25, -0.2) is 10.9 Å². The maximum atomic E-state index is 11.8. The van der Waals surface area contributed by atoms with E-state index in [1.54, 1.807) is 36.4 Å². The van der Waals surface area contributed by atoms with Gasteiger partial charge in [-0.2, -0.15) is 10.2 Å². The van der Waals surface area contributed by atoms with Crippen LogP contribution in [0.2, 0.25) is 20.1 Å². The highest BCUT2D eigenvalue weighted by Crippen LogP contribution is 2.20. The average molecular weight is 516 g/mol. The molecule has 0 fully saturated rings.